The SMILES string of the molecule is CC(C)(C)[C@H](CCc1ccccc1)NC(=O)c1ccc(N)c(OCCc2ccc(O)cc2)c1.O=C=O. The van der Waals surface area contributed by atoms with Gasteiger partial charge in [0.05, 0.1) is 12.3 Å². The van der Waals surface area contributed by atoms with Crippen molar-refractivity contribution in [2.45, 2.75) is 46.1 Å². The Bertz CT molecular complexity index is 1130. The minimum absolute atomic E-state index is 0.0154. The van der Waals surface area contributed by atoms with Gasteiger partial charge >= 0.3 is 6.15 Å². The van der Waals surface area contributed by atoms with Crippen LogP contribution in [0, 0.1) is 5.41 Å². The fourth-order valence-electron chi connectivity index (χ4n) is 3.66. The summed E-state index contributed by atoms with van der Waals surface area (Å²) in [5.74, 6) is 0.601. The normalized spacial score (nSPS) is 11.4. The van der Waals surface area contributed by atoms with E-state index in [0.29, 0.717) is 30.0 Å². The van der Waals surface area contributed by atoms with Crippen molar-refractivity contribution in [2.24, 2.45) is 5.41 Å². The van der Waals surface area contributed by atoms with Gasteiger partial charge in [-0.1, -0.05) is 63.2 Å². The number of ether oxygens (including phenoxy) is 1. The van der Waals surface area contributed by atoms with Gasteiger partial charge < -0.3 is 20.9 Å². The minimum atomic E-state index is -0.133. The van der Waals surface area contributed by atoms with Crippen molar-refractivity contribution in [3.8, 4) is 11.5 Å². The van der Waals surface area contributed by atoms with E-state index in [1.165, 1.54) is 5.56 Å². The molecule has 7 nitrogen and oxygen atoms in total. The molecule has 3 aromatic carbocycles. The van der Waals surface area contributed by atoms with Crippen molar-refractivity contribution in [3.05, 3.63) is 89.5 Å². The summed E-state index contributed by atoms with van der Waals surface area (Å²) in [6.07, 6.45) is 2.67. The number of nitrogens with one attached hydrogen (secondary N) is 1. The Balaban J connectivity index is 0.00000145. The zero-order valence-electron chi connectivity index (χ0n) is 21.0. The van der Waals surface area contributed by atoms with Crippen LogP contribution in [0.25, 0.3) is 0 Å². The highest BCUT2D eigenvalue weighted by molar-refractivity contribution is 5.95. The monoisotopic (exact) mass is 490 g/mol. The molecule has 4 N–H and O–H groups in total. The Morgan fingerprint density at radius 3 is 2.19 bits per heavy atom. The van der Waals surface area contributed by atoms with Crippen molar-refractivity contribution in [1.82, 2.24) is 5.32 Å². The fraction of sp³-hybridized carbons (Fsp3) is 0.310. The number of phenolic OH excluding ortho intramolecular Hbond substituents is 1. The van der Waals surface area contributed by atoms with E-state index < -0.39 is 0 Å². The fourth-order valence-corrected chi connectivity index (χ4v) is 3.66. The number of nitrogen functional groups attached to an aromatic ring is 1. The molecule has 1 amide bonds. The topological polar surface area (TPSA) is 119 Å². The first kappa shape index (κ1) is 28.1. The van der Waals surface area contributed by atoms with Gasteiger partial charge in [-0.25, -0.2) is 0 Å². The van der Waals surface area contributed by atoms with Crippen molar-refractivity contribution in [3.63, 3.8) is 0 Å². The molecule has 0 fully saturated rings. The molecule has 3 rings (SSSR count). The van der Waals surface area contributed by atoms with Crippen molar-refractivity contribution in [2.75, 3.05) is 12.3 Å². The number of carbonyl (C=O) groups excluding carboxylic acids is 3. The maximum Gasteiger partial charge on any atom is 0.373 e. The number of phenols is 1. The number of aromatic hydroxyl groups is 1. The van der Waals surface area contributed by atoms with Gasteiger partial charge in [-0.2, -0.15) is 9.59 Å². The zero-order chi connectivity index (χ0) is 26.6. The van der Waals surface area contributed by atoms with Crippen molar-refractivity contribution >= 4 is 17.7 Å². The number of amides is 1. The number of carbonyl (C=O) groups is 1. The average Bonchev–Trinajstić information content (AvgIpc) is 2.84. The Labute approximate surface area is 212 Å². The smallest absolute Gasteiger partial charge is 0.373 e. The molecular weight excluding hydrogens is 456 g/mol. The summed E-state index contributed by atoms with van der Waals surface area (Å²) in [5, 5.41) is 12.6. The van der Waals surface area contributed by atoms with Crippen LogP contribution in [0.15, 0.2) is 72.8 Å². The first-order valence-corrected chi connectivity index (χ1v) is 11.8. The molecule has 0 saturated heterocycles. The summed E-state index contributed by atoms with van der Waals surface area (Å²) < 4.78 is 5.87. The van der Waals surface area contributed by atoms with Crippen LogP contribution in [0.2, 0.25) is 0 Å². The Kier molecular flexibility index (Phi) is 10.7. The van der Waals surface area contributed by atoms with Crippen molar-refractivity contribution < 1.29 is 24.2 Å². The van der Waals surface area contributed by atoms with Gasteiger partial charge in [0.15, 0.2) is 0 Å². The first-order chi connectivity index (χ1) is 17.1. The van der Waals surface area contributed by atoms with Gasteiger partial charge in [-0.05, 0) is 59.7 Å². The second-order valence-electron chi connectivity index (χ2n) is 9.52. The lowest BCUT2D eigenvalue weighted by Gasteiger charge is -2.32. The third-order valence-electron chi connectivity index (χ3n) is 5.78. The lowest BCUT2D eigenvalue weighted by atomic mass is 9.83. The highest BCUT2D eigenvalue weighted by Gasteiger charge is 2.26. The standard InChI is InChI=1S/C28H34N2O3.CO2/c1-28(2,3)26(16-11-20-7-5-4-6-8-20)30-27(32)22-12-15-24(29)25(19-22)33-18-17-21-9-13-23(31)14-10-21;2-1-3/h4-10,12-15,19,26,31H,11,16-18,29H2,1-3H3,(H,30,32);/t26-;/m0./s1. The van der Waals surface area contributed by atoms with Crippen molar-refractivity contribution in [1.29, 1.82) is 0 Å². The van der Waals surface area contributed by atoms with E-state index in [0.717, 1.165) is 18.4 Å². The van der Waals surface area contributed by atoms with E-state index in [2.05, 4.69) is 38.2 Å². The van der Waals surface area contributed by atoms with Crippen LogP contribution in [0.3, 0.4) is 0 Å². The Morgan fingerprint density at radius 1 is 0.972 bits per heavy atom. The van der Waals surface area contributed by atoms with E-state index >= 15 is 0 Å². The summed E-state index contributed by atoms with van der Waals surface area (Å²) in [6.45, 7) is 6.85. The predicted molar refractivity (Wildman–Crippen MR) is 139 cm³/mol. The minimum Gasteiger partial charge on any atom is -0.508 e. The summed E-state index contributed by atoms with van der Waals surface area (Å²) in [4.78, 5) is 29.3. The molecule has 0 bridgehead atoms. The van der Waals surface area contributed by atoms with E-state index in [4.69, 9.17) is 20.1 Å². The lowest BCUT2D eigenvalue weighted by molar-refractivity contribution is -0.191. The van der Waals surface area contributed by atoms with Crippen LogP contribution in [0.5, 0.6) is 11.5 Å². The second-order valence-corrected chi connectivity index (χ2v) is 9.52. The average molecular weight is 491 g/mol. The largest absolute Gasteiger partial charge is 0.508 e. The number of benzene rings is 3. The highest BCUT2D eigenvalue weighted by Crippen LogP contribution is 2.26. The molecule has 1 atom stereocenters. The van der Waals surface area contributed by atoms with Gasteiger partial charge in [0.1, 0.15) is 11.5 Å². The van der Waals surface area contributed by atoms with Gasteiger partial charge in [0.25, 0.3) is 5.91 Å². The van der Waals surface area contributed by atoms with E-state index in [-0.39, 0.29) is 29.3 Å². The highest BCUT2D eigenvalue weighted by atomic mass is 16.5. The molecule has 0 spiro atoms. The number of hydrogen-bond acceptors (Lipinski definition) is 6. The third-order valence-corrected chi connectivity index (χ3v) is 5.78. The Hall–Kier alpha value is -4.09. The summed E-state index contributed by atoms with van der Waals surface area (Å²) in [5.41, 5.74) is 9.33. The lowest BCUT2D eigenvalue weighted by Crippen LogP contribution is -2.44. The molecule has 0 saturated carbocycles. The maximum atomic E-state index is 13.1. The molecule has 0 unspecified atom stereocenters. The number of rotatable bonds is 9. The van der Waals surface area contributed by atoms with Crippen LogP contribution < -0.4 is 15.8 Å². The molecular formula is C29H34N2O5. The zero-order valence-corrected chi connectivity index (χ0v) is 21.0. The molecule has 3 aromatic rings. The predicted octanol–water partition coefficient (Wildman–Crippen LogP) is 4.79. The summed E-state index contributed by atoms with van der Waals surface area (Å²) in [6, 6.07) is 22.5. The molecule has 7 heteroatoms. The number of aryl methyl sites for hydroxylation is 1. The first-order valence-electron chi connectivity index (χ1n) is 11.8. The van der Waals surface area contributed by atoms with Crippen LogP contribution in [-0.2, 0) is 22.4 Å². The summed E-state index contributed by atoms with van der Waals surface area (Å²) >= 11 is 0. The molecule has 0 aromatic heterocycles. The van der Waals surface area contributed by atoms with Crippen LogP contribution in [0.4, 0.5) is 5.69 Å². The van der Waals surface area contributed by atoms with E-state index in [9.17, 15) is 9.90 Å². The molecule has 0 aliphatic carbocycles. The summed E-state index contributed by atoms with van der Waals surface area (Å²) in [7, 11) is 0. The van der Waals surface area contributed by atoms with Crippen LogP contribution >= 0.6 is 0 Å². The third kappa shape index (κ3) is 9.28. The van der Waals surface area contributed by atoms with Gasteiger partial charge in [0.2, 0.25) is 0 Å². The van der Waals surface area contributed by atoms with Crippen LogP contribution in [-0.4, -0.2) is 29.8 Å². The maximum absolute atomic E-state index is 13.1. The molecule has 36 heavy (non-hydrogen) atoms. The van der Waals surface area contributed by atoms with Crippen LogP contribution in [0.1, 0.15) is 48.7 Å². The van der Waals surface area contributed by atoms with Gasteiger partial charge in [-0.15, -0.1) is 0 Å². The van der Waals surface area contributed by atoms with E-state index in [1.54, 1.807) is 30.3 Å². The van der Waals surface area contributed by atoms with Gasteiger partial charge in [-0.3, -0.25) is 4.79 Å². The number of anilines is 1. The Morgan fingerprint density at radius 2 is 1.58 bits per heavy atom. The van der Waals surface area contributed by atoms with E-state index in [1.807, 2.05) is 30.3 Å². The molecule has 0 aliphatic heterocycles. The molecule has 0 heterocycles. The number of nitrogens with two attached hydrogens (primary N) is 1. The number of hydrogen-bond donors (Lipinski definition) is 3. The molecule has 190 valence electrons. The second kappa shape index (κ2) is 13.7. The quantitative estimate of drug-likeness (QED) is 0.371. The molecule has 0 radical (unpaired) electrons. The van der Waals surface area contributed by atoms with Gasteiger partial charge in [0, 0.05) is 18.0 Å². The molecule has 0 aliphatic rings.